The van der Waals surface area contributed by atoms with Crippen LogP contribution in [0, 0.1) is 0 Å². The minimum absolute atomic E-state index is 0.0351. The monoisotopic (exact) mass is 1470 g/mol. The fraction of sp³-hybridized carbons (Fsp3) is 0.663. The Labute approximate surface area is 626 Å². The minimum atomic E-state index is -1.85. The van der Waals surface area contributed by atoms with Crippen molar-refractivity contribution in [3.63, 3.8) is 0 Å². The molecule has 0 amide bonds. The van der Waals surface area contributed by atoms with E-state index in [-0.39, 0.29) is 94.7 Å². The SMILES string of the molecule is CCCCOc1cc(C(=O)OCC2O[C@@H](OC)C(OC(=O)c3cc(OCCCC)c(OCCCC)c(OCCCC)c3)[C@@H](OC(=O)c3cc(OCCCC)c(OCCCC)c(OCCCC)c3)[C@@H]2OC(=O)c2cc(OCCCC)c(OCCCC)c(OCCCC)c2)cc(OCCCC)c1OCCCC. The zero-order valence-corrected chi connectivity index (χ0v) is 65.6. The molecule has 0 saturated carbocycles. The third-order valence-electron chi connectivity index (χ3n) is 17.0. The summed E-state index contributed by atoms with van der Waals surface area (Å²) >= 11 is 0. The molecule has 0 aliphatic carbocycles. The molecule has 1 heterocycles. The van der Waals surface area contributed by atoms with Gasteiger partial charge >= 0.3 is 23.9 Å². The number of carbonyl (C=O) groups excluding carboxylic acids is 4. The Kier molecular flexibility index (Phi) is 43.1. The van der Waals surface area contributed by atoms with E-state index in [1.807, 2.05) is 55.4 Å². The number of esters is 4. The van der Waals surface area contributed by atoms with Crippen molar-refractivity contribution in [2.45, 2.75) is 268 Å². The molecule has 0 spiro atoms. The Morgan fingerprint density at radius 1 is 0.276 bits per heavy atom. The van der Waals surface area contributed by atoms with Gasteiger partial charge in [-0.05, 0) is 126 Å². The normalized spacial score (nSPS) is 15.4. The van der Waals surface area contributed by atoms with Crippen molar-refractivity contribution in [2.24, 2.45) is 0 Å². The number of benzene rings is 4. The average molecular weight is 1480 g/mol. The van der Waals surface area contributed by atoms with Gasteiger partial charge in [0.05, 0.1) is 102 Å². The number of hydrogen-bond donors (Lipinski definition) is 0. The second-order valence-electron chi connectivity index (χ2n) is 26.1. The number of ether oxygens (including phenoxy) is 18. The second-order valence-corrected chi connectivity index (χ2v) is 26.1. The highest BCUT2D eigenvalue weighted by molar-refractivity contribution is 5.94. The lowest BCUT2D eigenvalue weighted by molar-refractivity contribution is -0.291. The fourth-order valence-electron chi connectivity index (χ4n) is 10.5. The molecule has 590 valence electrons. The molecule has 105 heavy (non-hydrogen) atoms. The lowest BCUT2D eigenvalue weighted by Crippen LogP contribution is -2.63. The van der Waals surface area contributed by atoms with Gasteiger partial charge in [-0.3, -0.25) is 0 Å². The van der Waals surface area contributed by atoms with E-state index < -0.39 is 61.2 Å². The van der Waals surface area contributed by atoms with Crippen molar-refractivity contribution in [2.75, 3.05) is 93.0 Å². The van der Waals surface area contributed by atoms with E-state index in [2.05, 4.69) is 27.7 Å². The van der Waals surface area contributed by atoms with Gasteiger partial charge in [-0.2, -0.15) is 0 Å². The maximum absolute atomic E-state index is 15.8. The van der Waals surface area contributed by atoms with Crippen LogP contribution in [0.15, 0.2) is 48.5 Å². The third-order valence-corrected chi connectivity index (χ3v) is 17.0. The first-order valence-corrected chi connectivity index (χ1v) is 39.5. The maximum atomic E-state index is 15.8. The summed E-state index contributed by atoms with van der Waals surface area (Å²) in [5.41, 5.74) is -0.111. The Balaban J connectivity index is 1.85. The van der Waals surface area contributed by atoms with Gasteiger partial charge in [-0.25, -0.2) is 19.2 Å². The molecule has 0 bridgehead atoms. The average Bonchev–Trinajstić information content (AvgIpc) is 0.767. The summed E-state index contributed by atoms with van der Waals surface area (Å²) in [7, 11) is 1.31. The van der Waals surface area contributed by atoms with Crippen molar-refractivity contribution >= 4 is 23.9 Å². The molecule has 22 heteroatoms. The van der Waals surface area contributed by atoms with Crippen molar-refractivity contribution in [3.8, 4) is 69.0 Å². The van der Waals surface area contributed by atoms with Crippen LogP contribution in [-0.4, -0.2) is 148 Å². The second kappa shape index (κ2) is 51.5. The maximum Gasteiger partial charge on any atom is 0.339 e. The molecule has 0 radical (unpaired) electrons. The standard InChI is InChI=1S/C83H126O22/c1-14-26-38-89-63-50-59(51-64(90-39-27-15-2)72(63)97-46-34-22-9)79(84)101-58-71-76(103-80(85)60-52-65(91-40-28-16-3)73(98-47-35-23-10)66(53-60)92-41-29-17-4)77(104-81(86)61-54-67(93-42-30-18-5)74(99-48-36-24-11)68(55-61)94-43-31-19-6)78(83(88-13)102-71)105-82(87)62-56-69(95-44-32-20-7)75(100-49-37-25-12)70(57-62)96-45-33-21-8/h50-57,71,76-78,83H,14-49,58H2,1-13H3/t71?,76-,77+,78?,83-/m1/s1. The zero-order chi connectivity index (χ0) is 76.0. The number of methoxy groups -OCH3 is 1. The van der Waals surface area contributed by atoms with E-state index in [1.54, 1.807) is 12.1 Å². The summed E-state index contributed by atoms with van der Waals surface area (Å²) in [6.07, 6.45) is 9.90. The highest BCUT2D eigenvalue weighted by Gasteiger charge is 2.54. The predicted octanol–water partition coefficient (Wildman–Crippen LogP) is 19.0. The topological polar surface area (TPSA) is 234 Å². The summed E-state index contributed by atoms with van der Waals surface area (Å²) in [6, 6.07) is 12.2. The highest BCUT2D eigenvalue weighted by Crippen LogP contribution is 2.45. The molecule has 1 aliphatic rings. The summed E-state index contributed by atoms with van der Waals surface area (Å²) < 4.78 is 116. The smallest absolute Gasteiger partial charge is 0.339 e. The van der Waals surface area contributed by atoms with Crippen LogP contribution in [0.25, 0.3) is 0 Å². The quantitative estimate of drug-likeness (QED) is 0.0227. The number of unbranched alkanes of at least 4 members (excludes halogenated alkanes) is 12. The number of carbonyl (C=O) groups is 4. The van der Waals surface area contributed by atoms with Gasteiger partial charge in [0, 0.05) is 7.11 Å². The lowest BCUT2D eigenvalue weighted by atomic mass is 9.97. The van der Waals surface area contributed by atoms with Crippen molar-refractivity contribution in [3.05, 3.63) is 70.8 Å². The van der Waals surface area contributed by atoms with Crippen molar-refractivity contribution in [1.82, 2.24) is 0 Å². The molecule has 0 N–H and O–H groups in total. The molecule has 1 aliphatic heterocycles. The molecule has 22 nitrogen and oxygen atoms in total. The van der Waals surface area contributed by atoms with Gasteiger partial charge in [0.15, 0.2) is 70.6 Å². The van der Waals surface area contributed by atoms with E-state index in [1.165, 1.54) is 43.5 Å². The van der Waals surface area contributed by atoms with Crippen molar-refractivity contribution in [1.29, 1.82) is 0 Å². The van der Waals surface area contributed by atoms with E-state index >= 15 is 19.2 Å². The van der Waals surface area contributed by atoms with Crippen LogP contribution < -0.4 is 56.8 Å². The van der Waals surface area contributed by atoms with Gasteiger partial charge in [0.25, 0.3) is 0 Å². The molecule has 1 fully saturated rings. The first-order chi connectivity index (χ1) is 51.3. The third kappa shape index (κ3) is 29.2. The van der Waals surface area contributed by atoms with Gasteiger partial charge in [0.1, 0.15) is 12.7 Å². The largest absolute Gasteiger partial charge is 0.490 e. The molecule has 5 rings (SSSR count). The molecule has 4 aromatic rings. The number of hydrogen-bond acceptors (Lipinski definition) is 22. The Hall–Kier alpha value is -7.72. The first kappa shape index (κ1) is 87.9. The Morgan fingerprint density at radius 3 is 0.695 bits per heavy atom. The van der Waals surface area contributed by atoms with Gasteiger partial charge in [0.2, 0.25) is 23.0 Å². The molecule has 4 aromatic carbocycles. The van der Waals surface area contributed by atoms with Gasteiger partial charge in [-0.1, -0.05) is 160 Å². The van der Waals surface area contributed by atoms with E-state index in [0.29, 0.717) is 114 Å². The van der Waals surface area contributed by atoms with Crippen LogP contribution in [0.4, 0.5) is 0 Å². The van der Waals surface area contributed by atoms with E-state index in [4.69, 9.17) is 85.3 Å². The van der Waals surface area contributed by atoms with Crippen LogP contribution in [0.3, 0.4) is 0 Å². The summed E-state index contributed by atoms with van der Waals surface area (Å²) in [5.74, 6) is -0.538. The van der Waals surface area contributed by atoms with Crippen LogP contribution in [0.2, 0.25) is 0 Å². The number of rotatable bonds is 58. The molecular formula is C83H126O22. The van der Waals surface area contributed by atoms with Crippen molar-refractivity contribution < 1.29 is 104 Å². The molecule has 1 saturated heterocycles. The van der Waals surface area contributed by atoms with Gasteiger partial charge < -0.3 is 85.3 Å². The first-order valence-electron chi connectivity index (χ1n) is 39.5. The van der Waals surface area contributed by atoms with Crippen LogP contribution in [0.1, 0.15) is 279 Å². The molecular weight excluding hydrogens is 1350 g/mol. The highest BCUT2D eigenvalue weighted by atomic mass is 16.7. The lowest BCUT2D eigenvalue weighted by Gasteiger charge is -2.44. The minimum Gasteiger partial charge on any atom is -0.490 e. The summed E-state index contributed by atoms with van der Waals surface area (Å²) in [5, 5.41) is 0. The van der Waals surface area contributed by atoms with Crippen LogP contribution >= 0.6 is 0 Å². The van der Waals surface area contributed by atoms with Gasteiger partial charge in [-0.15, -0.1) is 0 Å². The van der Waals surface area contributed by atoms with E-state index in [9.17, 15) is 0 Å². The Morgan fingerprint density at radius 2 is 0.476 bits per heavy atom. The fourth-order valence-corrected chi connectivity index (χ4v) is 10.5. The predicted molar refractivity (Wildman–Crippen MR) is 404 cm³/mol. The summed E-state index contributed by atoms with van der Waals surface area (Å²) in [6.45, 7) is 27.6. The molecule has 5 atom stereocenters. The van der Waals surface area contributed by atoms with Crippen LogP contribution in [-0.2, 0) is 28.4 Å². The van der Waals surface area contributed by atoms with Crippen LogP contribution in [0.5, 0.6) is 69.0 Å². The molecule has 2 unspecified atom stereocenters. The van der Waals surface area contributed by atoms with E-state index in [0.717, 1.165) is 116 Å². The molecule has 0 aromatic heterocycles. The Bertz CT molecular complexity index is 3010. The summed E-state index contributed by atoms with van der Waals surface area (Å²) in [4.78, 5) is 62.0. The zero-order valence-electron chi connectivity index (χ0n) is 65.6.